The number of nitrogens with one attached hydrogen (secondary N) is 1. The molecule has 1 aromatic rings. The summed E-state index contributed by atoms with van der Waals surface area (Å²) in [5, 5.41) is 2.46. The van der Waals surface area contributed by atoms with Crippen molar-refractivity contribution in [1.82, 2.24) is 5.32 Å². The summed E-state index contributed by atoms with van der Waals surface area (Å²) in [4.78, 5) is 23.7. The zero-order chi connectivity index (χ0) is 15.7. The van der Waals surface area contributed by atoms with Crippen LogP contribution in [0.2, 0.25) is 0 Å². The second kappa shape index (κ2) is 8.80. The van der Waals surface area contributed by atoms with Gasteiger partial charge in [-0.15, -0.1) is 6.42 Å². The monoisotopic (exact) mass is 287 g/mol. The van der Waals surface area contributed by atoms with Gasteiger partial charge in [-0.05, 0) is 11.5 Å². The van der Waals surface area contributed by atoms with E-state index in [2.05, 4.69) is 11.2 Å². The van der Waals surface area contributed by atoms with Crippen molar-refractivity contribution >= 4 is 11.9 Å². The lowest BCUT2D eigenvalue weighted by molar-refractivity contribution is -0.151. The maximum absolute atomic E-state index is 12.3. The molecule has 1 aromatic carbocycles. The van der Waals surface area contributed by atoms with E-state index in [1.54, 1.807) is 0 Å². The largest absolute Gasteiger partial charge is 0.455 e. The maximum atomic E-state index is 12.3. The van der Waals surface area contributed by atoms with Gasteiger partial charge < -0.3 is 10.1 Å². The molecule has 4 heteroatoms. The van der Waals surface area contributed by atoms with E-state index in [9.17, 15) is 9.59 Å². The second-order valence-electron chi connectivity index (χ2n) is 4.86. The quantitative estimate of drug-likeness (QED) is 0.617. The molecule has 0 aliphatic carbocycles. The van der Waals surface area contributed by atoms with Crippen LogP contribution in [-0.4, -0.2) is 25.0 Å². The predicted molar refractivity (Wildman–Crippen MR) is 81.4 cm³/mol. The molecule has 0 bridgehead atoms. The Morgan fingerprint density at radius 2 is 2.00 bits per heavy atom. The molecule has 1 rings (SSSR count). The van der Waals surface area contributed by atoms with E-state index in [1.165, 1.54) is 0 Å². The normalized spacial score (nSPS) is 12.8. The highest BCUT2D eigenvalue weighted by atomic mass is 16.5. The number of amides is 1. The van der Waals surface area contributed by atoms with Crippen molar-refractivity contribution in [1.29, 1.82) is 0 Å². The molecule has 0 spiro atoms. The van der Waals surface area contributed by atoms with Crippen LogP contribution in [0.4, 0.5) is 0 Å². The lowest BCUT2D eigenvalue weighted by atomic mass is 9.86. The average molecular weight is 287 g/mol. The van der Waals surface area contributed by atoms with Crippen molar-refractivity contribution in [3.8, 4) is 12.3 Å². The fraction of sp³-hybridized carbons (Fsp3) is 0.412. The van der Waals surface area contributed by atoms with Gasteiger partial charge in [-0.2, -0.15) is 0 Å². The van der Waals surface area contributed by atoms with Crippen LogP contribution in [-0.2, 0) is 14.3 Å². The Bertz CT molecular complexity index is 505. The van der Waals surface area contributed by atoms with E-state index in [-0.39, 0.29) is 31.0 Å². The molecule has 0 aromatic heterocycles. The Morgan fingerprint density at radius 1 is 1.33 bits per heavy atom. The summed E-state index contributed by atoms with van der Waals surface area (Å²) < 4.78 is 5.12. The molecule has 112 valence electrons. The Hall–Kier alpha value is -2.28. The van der Waals surface area contributed by atoms with Crippen LogP contribution in [0.5, 0.6) is 0 Å². The molecule has 1 N–H and O–H groups in total. The van der Waals surface area contributed by atoms with Crippen molar-refractivity contribution in [3.05, 3.63) is 35.9 Å². The number of hydrogen-bond acceptors (Lipinski definition) is 3. The van der Waals surface area contributed by atoms with Crippen LogP contribution >= 0.6 is 0 Å². The minimum atomic E-state index is -0.391. The van der Waals surface area contributed by atoms with E-state index in [0.717, 1.165) is 12.0 Å². The average Bonchev–Trinajstić information content (AvgIpc) is 2.51. The number of terminal acetylenes is 1. The number of ether oxygens (including phenoxy) is 1. The predicted octanol–water partition coefficient (Wildman–Crippen LogP) is 2.11. The first-order valence-corrected chi connectivity index (χ1v) is 7.01. The lowest BCUT2D eigenvalue weighted by Gasteiger charge is -2.21. The molecule has 0 saturated heterocycles. The summed E-state index contributed by atoms with van der Waals surface area (Å²) in [5.41, 5.74) is 0.904. The van der Waals surface area contributed by atoms with Crippen LogP contribution in [0, 0.1) is 18.3 Å². The van der Waals surface area contributed by atoms with Gasteiger partial charge in [0.15, 0.2) is 6.61 Å². The Balaban J connectivity index is 2.70. The van der Waals surface area contributed by atoms with E-state index in [4.69, 9.17) is 11.2 Å². The van der Waals surface area contributed by atoms with Crippen molar-refractivity contribution in [3.63, 3.8) is 0 Å². The first-order chi connectivity index (χ1) is 10.1. The summed E-state index contributed by atoms with van der Waals surface area (Å²) in [7, 11) is 0. The molecular formula is C17H21NO3. The van der Waals surface area contributed by atoms with E-state index >= 15 is 0 Å². The SMILES string of the molecule is C#CCNC(=O)COC(=O)C(c1ccccc1)C(C)CC. The number of carbonyl (C=O) groups is 2. The molecular weight excluding hydrogens is 266 g/mol. The summed E-state index contributed by atoms with van der Waals surface area (Å²) in [5.74, 6) is 1.28. The summed E-state index contributed by atoms with van der Waals surface area (Å²) in [6.07, 6.45) is 5.89. The number of benzene rings is 1. The van der Waals surface area contributed by atoms with Gasteiger partial charge in [0.25, 0.3) is 5.91 Å². The fourth-order valence-corrected chi connectivity index (χ4v) is 2.02. The maximum Gasteiger partial charge on any atom is 0.314 e. The molecule has 0 fully saturated rings. The Morgan fingerprint density at radius 3 is 2.57 bits per heavy atom. The van der Waals surface area contributed by atoms with Crippen molar-refractivity contribution in [2.24, 2.45) is 5.92 Å². The summed E-state index contributed by atoms with van der Waals surface area (Å²) in [6, 6.07) is 9.47. The Labute approximate surface area is 125 Å². The lowest BCUT2D eigenvalue weighted by Crippen LogP contribution is -2.31. The van der Waals surface area contributed by atoms with Gasteiger partial charge in [0.2, 0.25) is 0 Å². The van der Waals surface area contributed by atoms with Crippen LogP contribution in [0.15, 0.2) is 30.3 Å². The smallest absolute Gasteiger partial charge is 0.314 e. The minimum absolute atomic E-state index is 0.129. The van der Waals surface area contributed by atoms with E-state index in [1.807, 2.05) is 44.2 Å². The molecule has 0 aliphatic rings. The number of esters is 1. The van der Waals surface area contributed by atoms with Gasteiger partial charge in [-0.3, -0.25) is 9.59 Å². The molecule has 0 heterocycles. The van der Waals surface area contributed by atoms with Crippen LogP contribution in [0.1, 0.15) is 31.7 Å². The topological polar surface area (TPSA) is 55.4 Å². The van der Waals surface area contributed by atoms with Gasteiger partial charge in [-0.25, -0.2) is 0 Å². The standard InChI is InChI=1S/C17H21NO3/c1-4-11-18-15(19)12-21-17(20)16(13(3)5-2)14-9-7-6-8-10-14/h1,6-10,13,16H,5,11-12H2,2-3H3,(H,18,19). The third-order valence-electron chi connectivity index (χ3n) is 3.36. The number of rotatable bonds is 7. The van der Waals surface area contributed by atoms with Crippen molar-refractivity contribution in [2.45, 2.75) is 26.2 Å². The zero-order valence-electron chi connectivity index (χ0n) is 12.5. The molecule has 0 aliphatic heterocycles. The summed E-state index contributed by atoms with van der Waals surface area (Å²) in [6.45, 7) is 3.84. The Kier molecular flexibility index (Phi) is 7.03. The molecule has 21 heavy (non-hydrogen) atoms. The van der Waals surface area contributed by atoms with E-state index < -0.39 is 5.91 Å². The highest BCUT2D eigenvalue weighted by Gasteiger charge is 2.27. The van der Waals surface area contributed by atoms with Gasteiger partial charge in [0.1, 0.15) is 0 Å². The van der Waals surface area contributed by atoms with Crippen LogP contribution < -0.4 is 5.32 Å². The number of hydrogen-bond donors (Lipinski definition) is 1. The molecule has 2 unspecified atom stereocenters. The highest BCUT2D eigenvalue weighted by molar-refractivity contribution is 5.83. The van der Waals surface area contributed by atoms with Crippen LogP contribution in [0.3, 0.4) is 0 Å². The summed E-state index contributed by atoms with van der Waals surface area (Å²) >= 11 is 0. The van der Waals surface area contributed by atoms with Gasteiger partial charge in [0, 0.05) is 0 Å². The molecule has 2 atom stereocenters. The third-order valence-corrected chi connectivity index (χ3v) is 3.36. The van der Waals surface area contributed by atoms with E-state index in [0.29, 0.717) is 0 Å². The zero-order valence-corrected chi connectivity index (χ0v) is 12.5. The third kappa shape index (κ3) is 5.31. The van der Waals surface area contributed by atoms with Crippen molar-refractivity contribution < 1.29 is 14.3 Å². The van der Waals surface area contributed by atoms with Gasteiger partial charge in [0.05, 0.1) is 12.5 Å². The minimum Gasteiger partial charge on any atom is -0.455 e. The highest BCUT2D eigenvalue weighted by Crippen LogP contribution is 2.28. The molecule has 1 amide bonds. The molecule has 0 saturated carbocycles. The first kappa shape index (κ1) is 16.8. The molecule has 0 radical (unpaired) electrons. The number of carbonyl (C=O) groups excluding carboxylic acids is 2. The van der Waals surface area contributed by atoms with Crippen LogP contribution in [0.25, 0.3) is 0 Å². The van der Waals surface area contributed by atoms with Crippen molar-refractivity contribution in [2.75, 3.05) is 13.2 Å². The fourth-order valence-electron chi connectivity index (χ4n) is 2.02. The molecule has 4 nitrogen and oxygen atoms in total. The first-order valence-electron chi connectivity index (χ1n) is 7.01. The van der Waals surface area contributed by atoms with Gasteiger partial charge in [-0.1, -0.05) is 56.5 Å². The second-order valence-corrected chi connectivity index (χ2v) is 4.86. The van der Waals surface area contributed by atoms with Gasteiger partial charge >= 0.3 is 5.97 Å².